The Labute approximate surface area is 177 Å². The van der Waals surface area contributed by atoms with Gasteiger partial charge in [0.25, 0.3) is 5.91 Å². The second-order valence-electron chi connectivity index (χ2n) is 6.06. The third-order valence-corrected chi connectivity index (χ3v) is 4.45. The summed E-state index contributed by atoms with van der Waals surface area (Å²) in [6.07, 6.45) is 0.0943. The number of carbonyl (C=O) groups is 2. The molecule has 0 spiro atoms. The molecule has 1 aliphatic rings. The van der Waals surface area contributed by atoms with Crippen molar-refractivity contribution in [2.75, 3.05) is 13.3 Å². The van der Waals surface area contributed by atoms with Crippen LogP contribution in [0.15, 0.2) is 42.5 Å². The molecule has 0 radical (unpaired) electrons. The first-order valence-electron chi connectivity index (χ1n) is 8.76. The Morgan fingerprint density at radius 2 is 1.76 bits per heavy atom. The quantitative estimate of drug-likeness (QED) is 0.407. The second kappa shape index (κ2) is 9.94. The molecule has 1 heterocycles. The van der Waals surface area contributed by atoms with E-state index in [1.54, 1.807) is 24.3 Å². The number of hydrogen-bond donors (Lipinski definition) is 4. The molecule has 0 saturated heterocycles. The fourth-order valence-corrected chi connectivity index (χ4v) is 2.71. The van der Waals surface area contributed by atoms with Gasteiger partial charge in [-0.1, -0.05) is 17.7 Å². The number of fused-ring (bicyclic) bond motifs is 1. The number of amides is 2. The first-order valence-corrected chi connectivity index (χ1v) is 9.55. The van der Waals surface area contributed by atoms with Gasteiger partial charge in [-0.15, -0.1) is 0 Å². The van der Waals surface area contributed by atoms with E-state index >= 15 is 0 Å². The summed E-state index contributed by atoms with van der Waals surface area (Å²) >= 11 is 10.9. The summed E-state index contributed by atoms with van der Waals surface area (Å²) in [5, 5.41) is 6.45. The lowest BCUT2D eigenvalue weighted by molar-refractivity contribution is -0.121. The molecule has 29 heavy (non-hydrogen) atoms. The van der Waals surface area contributed by atoms with Crippen molar-refractivity contribution in [1.82, 2.24) is 21.5 Å². The van der Waals surface area contributed by atoms with Crippen LogP contribution in [0.3, 0.4) is 0 Å². The van der Waals surface area contributed by atoms with Crippen LogP contribution >= 0.6 is 23.8 Å². The summed E-state index contributed by atoms with van der Waals surface area (Å²) in [6, 6.07) is 12.1. The molecular weight excluding hydrogens is 416 g/mol. The Bertz CT molecular complexity index is 908. The van der Waals surface area contributed by atoms with E-state index in [0.29, 0.717) is 28.6 Å². The highest BCUT2D eigenvalue weighted by atomic mass is 35.5. The van der Waals surface area contributed by atoms with Crippen LogP contribution in [0.5, 0.6) is 11.5 Å². The van der Waals surface area contributed by atoms with Gasteiger partial charge in [-0.05, 0) is 54.2 Å². The Kier molecular flexibility index (Phi) is 7.09. The van der Waals surface area contributed by atoms with Crippen molar-refractivity contribution in [2.45, 2.75) is 13.0 Å². The zero-order valence-corrected chi connectivity index (χ0v) is 16.9. The minimum Gasteiger partial charge on any atom is -0.454 e. The largest absolute Gasteiger partial charge is 0.454 e. The van der Waals surface area contributed by atoms with E-state index in [9.17, 15) is 9.59 Å². The van der Waals surface area contributed by atoms with Crippen LogP contribution in [0.1, 0.15) is 22.3 Å². The highest BCUT2D eigenvalue weighted by molar-refractivity contribution is 7.80. The third kappa shape index (κ3) is 6.23. The van der Waals surface area contributed by atoms with Crippen LogP contribution in [0, 0.1) is 0 Å². The predicted octanol–water partition coefficient (Wildman–Crippen LogP) is 1.88. The number of carbonyl (C=O) groups excluding carboxylic acids is 2. The average Bonchev–Trinajstić information content (AvgIpc) is 3.19. The number of nitrogens with one attached hydrogen (secondary N) is 4. The summed E-state index contributed by atoms with van der Waals surface area (Å²) < 4.78 is 10.6. The molecule has 0 unspecified atom stereocenters. The van der Waals surface area contributed by atoms with Gasteiger partial charge in [0, 0.05) is 30.1 Å². The molecule has 0 atom stereocenters. The molecule has 2 aromatic rings. The molecule has 0 bridgehead atoms. The van der Waals surface area contributed by atoms with E-state index in [1.807, 2.05) is 18.2 Å². The molecule has 3 rings (SSSR count). The molecule has 4 N–H and O–H groups in total. The standard InChI is InChI=1S/C19H19ClN4O4S/c20-14-4-2-13(3-5-14)18(26)21-8-7-17(25)23-24-19(29)22-10-12-1-6-15-16(9-12)28-11-27-15/h1-6,9H,7-8,10-11H2,(H,21,26)(H,23,25)(H2,22,24,29). The van der Waals surface area contributed by atoms with Crippen LogP contribution in [0.2, 0.25) is 5.02 Å². The van der Waals surface area contributed by atoms with Crippen molar-refractivity contribution in [3.8, 4) is 11.5 Å². The molecule has 152 valence electrons. The molecule has 0 fully saturated rings. The maximum Gasteiger partial charge on any atom is 0.251 e. The maximum absolute atomic E-state index is 11.9. The van der Waals surface area contributed by atoms with Gasteiger partial charge in [-0.25, -0.2) is 0 Å². The molecule has 0 aromatic heterocycles. The van der Waals surface area contributed by atoms with Gasteiger partial charge >= 0.3 is 0 Å². The molecule has 10 heteroatoms. The van der Waals surface area contributed by atoms with E-state index in [-0.39, 0.29) is 36.7 Å². The maximum atomic E-state index is 11.9. The topological polar surface area (TPSA) is 101 Å². The van der Waals surface area contributed by atoms with Gasteiger partial charge in [0.05, 0.1) is 0 Å². The highest BCUT2D eigenvalue weighted by Gasteiger charge is 2.13. The summed E-state index contributed by atoms with van der Waals surface area (Å²) in [6.45, 7) is 0.861. The van der Waals surface area contributed by atoms with E-state index in [2.05, 4.69) is 21.5 Å². The lowest BCUT2D eigenvalue weighted by Gasteiger charge is -2.12. The Hall–Kier alpha value is -3.04. The van der Waals surface area contributed by atoms with Crippen molar-refractivity contribution in [3.63, 3.8) is 0 Å². The van der Waals surface area contributed by atoms with Crippen LogP contribution in [0.25, 0.3) is 0 Å². The van der Waals surface area contributed by atoms with Crippen molar-refractivity contribution >= 4 is 40.7 Å². The zero-order valence-electron chi connectivity index (χ0n) is 15.3. The zero-order chi connectivity index (χ0) is 20.6. The average molecular weight is 435 g/mol. The normalized spacial score (nSPS) is 11.5. The number of thiocarbonyl (C=S) groups is 1. The Balaban J connectivity index is 1.31. The molecule has 1 aliphatic heterocycles. The Morgan fingerprint density at radius 1 is 1.00 bits per heavy atom. The smallest absolute Gasteiger partial charge is 0.251 e. The van der Waals surface area contributed by atoms with E-state index in [1.165, 1.54) is 0 Å². The number of rotatable bonds is 6. The number of hydrazine groups is 1. The van der Waals surface area contributed by atoms with E-state index < -0.39 is 0 Å². The monoisotopic (exact) mass is 434 g/mol. The number of ether oxygens (including phenoxy) is 2. The molecular formula is C19H19ClN4O4S. The van der Waals surface area contributed by atoms with Gasteiger partial charge in [0.2, 0.25) is 12.7 Å². The number of benzene rings is 2. The van der Waals surface area contributed by atoms with Gasteiger partial charge in [-0.2, -0.15) is 0 Å². The summed E-state index contributed by atoms with van der Waals surface area (Å²) in [7, 11) is 0. The Morgan fingerprint density at radius 3 is 2.55 bits per heavy atom. The fraction of sp³-hybridized carbons (Fsp3) is 0.211. The lowest BCUT2D eigenvalue weighted by atomic mass is 10.2. The van der Waals surface area contributed by atoms with Gasteiger partial charge in [0.15, 0.2) is 16.6 Å². The van der Waals surface area contributed by atoms with Crippen molar-refractivity contribution < 1.29 is 19.1 Å². The van der Waals surface area contributed by atoms with Crippen LogP contribution < -0.4 is 31.0 Å². The van der Waals surface area contributed by atoms with Crippen LogP contribution in [0.4, 0.5) is 0 Å². The highest BCUT2D eigenvalue weighted by Crippen LogP contribution is 2.32. The second-order valence-corrected chi connectivity index (χ2v) is 6.90. The summed E-state index contributed by atoms with van der Waals surface area (Å²) in [4.78, 5) is 23.8. The summed E-state index contributed by atoms with van der Waals surface area (Å²) in [5.41, 5.74) is 6.52. The van der Waals surface area contributed by atoms with Crippen molar-refractivity contribution in [2.24, 2.45) is 0 Å². The van der Waals surface area contributed by atoms with Crippen LogP contribution in [-0.4, -0.2) is 30.3 Å². The molecule has 0 saturated carbocycles. The molecule has 2 aromatic carbocycles. The van der Waals surface area contributed by atoms with Crippen molar-refractivity contribution in [1.29, 1.82) is 0 Å². The number of hydrogen-bond acceptors (Lipinski definition) is 5. The van der Waals surface area contributed by atoms with E-state index in [4.69, 9.17) is 33.3 Å². The van der Waals surface area contributed by atoms with Crippen LogP contribution in [-0.2, 0) is 11.3 Å². The van der Waals surface area contributed by atoms with Gasteiger partial charge in [0.1, 0.15) is 0 Å². The SMILES string of the molecule is O=C(CCNC(=O)c1ccc(Cl)cc1)NNC(=S)NCc1ccc2c(c1)OCO2. The van der Waals surface area contributed by atoms with E-state index in [0.717, 1.165) is 5.56 Å². The fourth-order valence-electron chi connectivity index (χ4n) is 2.46. The molecule has 0 aliphatic carbocycles. The third-order valence-electron chi connectivity index (χ3n) is 3.95. The number of halogens is 1. The minimum atomic E-state index is -0.311. The first-order chi connectivity index (χ1) is 14.0. The predicted molar refractivity (Wildman–Crippen MR) is 112 cm³/mol. The first kappa shape index (κ1) is 20.7. The van der Waals surface area contributed by atoms with Crippen molar-refractivity contribution in [3.05, 3.63) is 58.6 Å². The van der Waals surface area contributed by atoms with Gasteiger partial charge in [-0.3, -0.25) is 20.4 Å². The molecule has 2 amide bonds. The molecule has 8 nitrogen and oxygen atoms in total. The van der Waals surface area contributed by atoms with Gasteiger partial charge < -0.3 is 20.1 Å². The lowest BCUT2D eigenvalue weighted by Crippen LogP contribution is -2.47. The summed E-state index contributed by atoms with van der Waals surface area (Å²) in [5.74, 6) is 0.818. The minimum absolute atomic E-state index is 0.0943.